The highest BCUT2D eigenvalue weighted by molar-refractivity contribution is 4.82. The lowest BCUT2D eigenvalue weighted by atomic mass is 9.68. The van der Waals surface area contributed by atoms with Gasteiger partial charge in [-0.25, -0.2) is 0 Å². The highest BCUT2D eigenvalue weighted by Crippen LogP contribution is 2.42. The van der Waals surface area contributed by atoms with E-state index in [9.17, 15) is 0 Å². The Hall–Kier alpha value is 0. The molecule has 0 bridgehead atoms. The van der Waals surface area contributed by atoms with Gasteiger partial charge in [0.15, 0.2) is 0 Å². The van der Waals surface area contributed by atoms with Gasteiger partial charge in [-0.3, -0.25) is 0 Å². The molecule has 0 N–H and O–H groups in total. The molecule has 0 saturated heterocycles. The summed E-state index contributed by atoms with van der Waals surface area (Å²) in [5, 5.41) is 0. The van der Waals surface area contributed by atoms with Crippen molar-refractivity contribution in [2.75, 3.05) is 0 Å². The fourth-order valence-electron chi connectivity index (χ4n) is 7.04. The van der Waals surface area contributed by atoms with Crippen LogP contribution in [0.3, 0.4) is 0 Å². The van der Waals surface area contributed by atoms with E-state index >= 15 is 0 Å². The molecule has 3 atom stereocenters. The Bertz CT molecular complexity index is 354. The predicted octanol–water partition coefficient (Wildman–Crippen LogP) is 8.79. The molecule has 0 heteroatoms. The smallest absolute Gasteiger partial charge is 0.0383 e. The lowest BCUT2D eigenvalue weighted by Crippen LogP contribution is -2.26. The van der Waals surface area contributed by atoms with Crippen molar-refractivity contribution in [3.63, 3.8) is 0 Å². The second-order valence-electron chi connectivity index (χ2n) is 10.9. The van der Waals surface area contributed by atoms with Gasteiger partial charge in [0.05, 0.1) is 0 Å². The zero-order valence-electron chi connectivity index (χ0n) is 18.2. The molecule has 0 aromatic carbocycles. The maximum Gasteiger partial charge on any atom is -0.0383 e. The summed E-state index contributed by atoms with van der Waals surface area (Å²) in [6.45, 7) is 5.09. The first-order chi connectivity index (χ1) is 12.7. The minimum Gasteiger partial charge on any atom is -0.0625 e. The van der Waals surface area contributed by atoms with Gasteiger partial charge in [-0.05, 0) is 48.3 Å². The van der Waals surface area contributed by atoms with E-state index in [4.69, 9.17) is 0 Å². The van der Waals surface area contributed by atoms with Crippen LogP contribution in [-0.4, -0.2) is 0 Å². The first kappa shape index (κ1) is 20.7. The third kappa shape index (κ3) is 6.56. The van der Waals surface area contributed by atoms with Gasteiger partial charge in [-0.1, -0.05) is 117 Å². The molecule has 0 aromatic heterocycles. The van der Waals surface area contributed by atoms with Crippen molar-refractivity contribution in [2.24, 2.45) is 35.5 Å². The van der Waals surface area contributed by atoms with Gasteiger partial charge in [0.25, 0.3) is 0 Å². The summed E-state index contributed by atoms with van der Waals surface area (Å²) in [5.41, 5.74) is 0. The van der Waals surface area contributed by atoms with Crippen LogP contribution in [-0.2, 0) is 0 Å². The average Bonchev–Trinajstić information content (AvgIpc) is 2.54. The van der Waals surface area contributed by atoms with E-state index in [2.05, 4.69) is 13.8 Å². The molecule has 0 aliphatic heterocycles. The molecule has 0 radical (unpaired) electrons. The Kier molecular flexibility index (Phi) is 8.86. The highest BCUT2D eigenvalue weighted by Gasteiger charge is 2.30. The zero-order chi connectivity index (χ0) is 18.2. The molecule has 3 fully saturated rings. The quantitative estimate of drug-likeness (QED) is 0.461. The van der Waals surface area contributed by atoms with Crippen molar-refractivity contribution in [1.29, 1.82) is 0 Å². The summed E-state index contributed by atoms with van der Waals surface area (Å²) in [4.78, 5) is 0. The summed E-state index contributed by atoms with van der Waals surface area (Å²) >= 11 is 0. The number of rotatable bonds is 2. The van der Waals surface area contributed by atoms with E-state index in [1.54, 1.807) is 57.8 Å². The van der Waals surface area contributed by atoms with Crippen molar-refractivity contribution in [3.05, 3.63) is 0 Å². The summed E-state index contributed by atoms with van der Waals surface area (Å²) in [7, 11) is 0. The predicted molar refractivity (Wildman–Crippen MR) is 115 cm³/mol. The fraction of sp³-hybridized carbons (Fsp3) is 1.00. The molecule has 3 aliphatic rings. The van der Waals surface area contributed by atoms with Gasteiger partial charge < -0.3 is 0 Å². The third-order valence-corrected chi connectivity index (χ3v) is 8.59. The van der Waals surface area contributed by atoms with Crippen LogP contribution < -0.4 is 0 Å². The molecule has 0 nitrogen and oxygen atoms in total. The molecule has 3 rings (SSSR count). The van der Waals surface area contributed by atoms with E-state index in [1.807, 2.05) is 0 Å². The third-order valence-electron chi connectivity index (χ3n) is 8.59. The van der Waals surface area contributed by atoms with Crippen LogP contribution in [0, 0.1) is 35.5 Å². The van der Waals surface area contributed by atoms with Crippen molar-refractivity contribution in [2.45, 2.75) is 129 Å². The van der Waals surface area contributed by atoms with Crippen LogP contribution in [0.25, 0.3) is 0 Å². The highest BCUT2D eigenvalue weighted by atomic mass is 14.4. The lowest BCUT2D eigenvalue weighted by molar-refractivity contribution is 0.140. The summed E-state index contributed by atoms with van der Waals surface area (Å²) in [5.74, 6) is 6.27. The van der Waals surface area contributed by atoms with Crippen LogP contribution in [0.5, 0.6) is 0 Å². The minimum absolute atomic E-state index is 0.986. The minimum atomic E-state index is 0.986. The van der Waals surface area contributed by atoms with Crippen molar-refractivity contribution in [3.8, 4) is 0 Å². The van der Waals surface area contributed by atoms with Crippen LogP contribution >= 0.6 is 0 Å². The Labute approximate surface area is 165 Å². The van der Waals surface area contributed by atoms with Gasteiger partial charge in [0.2, 0.25) is 0 Å². The molecular weight excluding hydrogens is 312 g/mol. The summed E-state index contributed by atoms with van der Waals surface area (Å²) < 4.78 is 0. The molecule has 152 valence electrons. The van der Waals surface area contributed by atoms with Crippen LogP contribution in [0.15, 0.2) is 0 Å². The van der Waals surface area contributed by atoms with Crippen LogP contribution in [0.1, 0.15) is 129 Å². The van der Waals surface area contributed by atoms with Gasteiger partial charge in [0, 0.05) is 0 Å². The first-order valence-electron chi connectivity index (χ1n) is 12.7. The standard InChI is InChI=1S/C26H48/c1-21-11-8-15-24(16-9-12-21)26-18-10-17-25(19-22(2)20-26)23-13-6-4-3-5-7-14-23/h21-26H,3-20H2,1-2H3. The fourth-order valence-corrected chi connectivity index (χ4v) is 7.04. The van der Waals surface area contributed by atoms with E-state index in [0.717, 1.165) is 35.5 Å². The van der Waals surface area contributed by atoms with Crippen molar-refractivity contribution >= 4 is 0 Å². The average molecular weight is 361 g/mol. The lowest BCUT2D eigenvalue weighted by Gasteiger charge is -2.37. The summed E-state index contributed by atoms with van der Waals surface area (Å²) in [6.07, 6.45) is 27.6. The Morgan fingerprint density at radius 1 is 0.346 bits per heavy atom. The molecule has 0 spiro atoms. The maximum atomic E-state index is 2.61. The maximum absolute atomic E-state index is 2.61. The molecule has 0 amide bonds. The molecular formula is C26H48. The second-order valence-corrected chi connectivity index (χ2v) is 10.9. The molecule has 0 heterocycles. The monoisotopic (exact) mass is 360 g/mol. The van der Waals surface area contributed by atoms with E-state index in [1.165, 1.54) is 57.8 Å². The van der Waals surface area contributed by atoms with E-state index < -0.39 is 0 Å². The van der Waals surface area contributed by atoms with Gasteiger partial charge in [0.1, 0.15) is 0 Å². The van der Waals surface area contributed by atoms with Crippen molar-refractivity contribution in [1.82, 2.24) is 0 Å². The van der Waals surface area contributed by atoms with E-state index in [-0.39, 0.29) is 0 Å². The normalized spacial score (nSPS) is 39.7. The zero-order valence-corrected chi connectivity index (χ0v) is 18.2. The first-order valence-corrected chi connectivity index (χ1v) is 12.7. The molecule has 0 aromatic rings. The number of hydrogen-bond acceptors (Lipinski definition) is 0. The van der Waals surface area contributed by atoms with E-state index in [0.29, 0.717) is 0 Å². The molecule has 3 unspecified atom stereocenters. The molecule has 3 aliphatic carbocycles. The molecule has 26 heavy (non-hydrogen) atoms. The van der Waals surface area contributed by atoms with Crippen molar-refractivity contribution < 1.29 is 0 Å². The van der Waals surface area contributed by atoms with Gasteiger partial charge in [-0.15, -0.1) is 0 Å². The topological polar surface area (TPSA) is 0 Å². The van der Waals surface area contributed by atoms with Gasteiger partial charge in [-0.2, -0.15) is 0 Å². The van der Waals surface area contributed by atoms with Crippen LogP contribution in [0.4, 0.5) is 0 Å². The Balaban J connectivity index is 1.51. The van der Waals surface area contributed by atoms with Crippen LogP contribution in [0.2, 0.25) is 0 Å². The van der Waals surface area contributed by atoms with Gasteiger partial charge >= 0.3 is 0 Å². The molecule has 3 saturated carbocycles. The SMILES string of the molecule is CC1CCCC(C2CCCC(C3CCCCCCC3)CC(C)C2)CCC1. The Morgan fingerprint density at radius 3 is 1.27 bits per heavy atom. The number of hydrogen-bond donors (Lipinski definition) is 0. The summed E-state index contributed by atoms with van der Waals surface area (Å²) in [6, 6.07) is 0. The second kappa shape index (κ2) is 11.1. The largest absolute Gasteiger partial charge is 0.0625 e. The Morgan fingerprint density at radius 2 is 0.731 bits per heavy atom.